The number of aromatic amines is 1. The molecule has 7 heteroatoms. The number of nitrogens with zero attached hydrogens (tertiary/aromatic N) is 1. The topological polar surface area (TPSA) is 105 Å². The van der Waals surface area contributed by atoms with Crippen molar-refractivity contribution in [2.24, 2.45) is 0 Å². The summed E-state index contributed by atoms with van der Waals surface area (Å²) in [7, 11) is -2.56. The molecule has 0 fully saturated rings. The number of urea groups is 1. The highest BCUT2D eigenvalue weighted by molar-refractivity contribution is 6.05. The average Bonchev–Trinajstić information content (AvgIpc) is 3.20. The second-order valence-corrected chi connectivity index (χ2v) is 6.25. The Morgan fingerprint density at radius 3 is 2.86 bits per heavy atom. The van der Waals surface area contributed by atoms with Crippen LogP contribution in [-0.2, 0) is 6.37 Å². The van der Waals surface area contributed by atoms with Gasteiger partial charge in [0.25, 0.3) is 0 Å². The number of pyridine rings is 1. The summed E-state index contributed by atoms with van der Waals surface area (Å²) in [5, 5.41) is 6.04. The number of carbonyl (C=O) groups excluding carboxylic acids is 1. The summed E-state index contributed by atoms with van der Waals surface area (Å²) in [5.74, 6) is 0.371. The Morgan fingerprint density at radius 2 is 2.07 bits per heavy atom. The van der Waals surface area contributed by atoms with E-state index in [0.29, 0.717) is 33.5 Å². The Labute approximate surface area is 174 Å². The van der Waals surface area contributed by atoms with Crippen LogP contribution in [0.5, 0.6) is 5.75 Å². The molecule has 0 unspecified atom stereocenters. The van der Waals surface area contributed by atoms with Crippen LogP contribution in [-0.4, -0.2) is 23.0 Å². The average molecular weight is 392 g/mol. The number of benzene rings is 2. The lowest BCUT2D eigenvalue weighted by Crippen LogP contribution is -2.19. The van der Waals surface area contributed by atoms with Crippen molar-refractivity contribution in [3.63, 3.8) is 0 Å². The van der Waals surface area contributed by atoms with Crippen LogP contribution in [0.2, 0.25) is 0 Å². The molecule has 7 nitrogen and oxygen atoms in total. The third kappa shape index (κ3) is 4.30. The first kappa shape index (κ1) is 13.2. The Morgan fingerprint density at radius 1 is 1.21 bits per heavy atom. The Hall–Kier alpha value is -4.00. The fourth-order valence-electron chi connectivity index (χ4n) is 2.90. The van der Waals surface area contributed by atoms with E-state index >= 15 is 0 Å². The minimum absolute atomic E-state index is 0.154. The summed E-state index contributed by atoms with van der Waals surface area (Å²) >= 11 is 0. The van der Waals surface area contributed by atoms with Crippen molar-refractivity contribution in [2.75, 3.05) is 23.4 Å². The number of fused-ring (bicyclic) bond motifs is 1. The molecule has 29 heavy (non-hydrogen) atoms. The Balaban J connectivity index is 1.52. The van der Waals surface area contributed by atoms with Gasteiger partial charge in [-0.15, -0.1) is 0 Å². The minimum atomic E-state index is -2.56. The smallest absolute Gasteiger partial charge is 0.323 e. The summed E-state index contributed by atoms with van der Waals surface area (Å²) in [6.45, 7) is 0. The molecule has 0 aliphatic heterocycles. The van der Waals surface area contributed by atoms with Gasteiger partial charge in [-0.3, -0.25) is 0 Å². The fraction of sp³-hybridized carbons (Fsp3) is 0.0909. The number of nitrogens with two attached hydrogens (primary N) is 1. The molecule has 4 rings (SSSR count). The zero-order valence-electron chi connectivity index (χ0n) is 20.2. The molecular weight excluding hydrogens is 366 g/mol. The maximum absolute atomic E-state index is 12.6. The first-order chi connectivity index (χ1) is 16.0. The van der Waals surface area contributed by atoms with Crippen molar-refractivity contribution in [1.82, 2.24) is 9.97 Å². The number of aromatic nitrogens is 2. The van der Waals surface area contributed by atoms with Gasteiger partial charge in [0.05, 0.1) is 16.8 Å². The quantitative estimate of drug-likeness (QED) is 0.404. The molecule has 2 heterocycles. The van der Waals surface area contributed by atoms with Gasteiger partial charge in [-0.25, -0.2) is 9.78 Å². The van der Waals surface area contributed by atoms with Gasteiger partial charge in [-0.1, -0.05) is 6.07 Å². The summed E-state index contributed by atoms with van der Waals surface area (Å²) < 4.78 is 43.3. The second-order valence-electron chi connectivity index (χ2n) is 6.25. The number of rotatable bonds is 5. The predicted molar refractivity (Wildman–Crippen MR) is 115 cm³/mol. The lowest BCUT2D eigenvalue weighted by molar-refractivity contribution is 0.262. The SMILES string of the molecule is [2H]C([2H])([2H])Oc1ccc(NC(=O)Nc2cccc3[nH]c(C([2H])([2H])c4ccnc(N)c4)cc23)cc1. The maximum atomic E-state index is 12.6. The molecular formula is C22H21N5O2. The molecule has 2 amide bonds. The van der Waals surface area contributed by atoms with Crippen molar-refractivity contribution in [1.29, 1.82) is 0 Å². The largest absolute Gasteiger partial charge is 0.497 e. The van der Waals surface area contributed by atoms with Gasteiger partial charge in [0.15, 0.2) is 0 Å². The van der Waals surface area contributed by atoms with E-state index in [1.165, 1.54) is 36.5 Å². The number of anilines is 3. The van der Waals surface area contributed by atoms with Gasteiger partial charge in [-0.05, 0) is 60.2 Å². The summed E-state index contributed by atoms with van der Waals surface area (Å²) in [6, 6.07) is 15.3. The van der Waals surface area contributed by atoms with E-state index in [-0.39, 0.29) is 11.6 Å². The summed E-state index contributed by atoms with van der Waals surface area (Å²) in [4.78, 5) is 19.5. The summed E-state index contributed by atoms with van der Waals surface area (Å²) in [5.41, 5.74) is 7.92. The standard InChI is InChI=1S/C22H21N5O2/c1-29-17-7-5-15(6-8-17)26-22(28)27-20-4-2-3-19-18(20)13-16(25-19)11-14-9-10-24-21(23)12-14/h2-10,12-13,25H,11H2,1H3,(H2,23,24)(H2,26,27,28)/i1D3,11D2. The third-order valence-corrected chi connectivity index (χ3v) is 4.20. The van der Waals surface area contributed by atoms with Crippen molar-refractivity contribution < 1.29 is 16.4 Å². The van der Waals surface area contributed by atoms with Gasteiger partial charge in [0, 0.05) is 37.6 Å². The van der Waals surface area contributed by atoms with Crippen molar-refractivity contribution in [2.45, 2.75) is 6.37 Å². The van der Waals surface area contributed by atoms with Crippen LogP contribution in [0.25, 0.3) is 10.9 Å². The number of hydrogen-bond acceptors (Lipinski definition) is 4. The molecule has 0 aliphatic carbocycles. The highest BCUT2D eigenvalue weighted by Crippen LogP contribution is 2.26. The molecule has 5 N–H and O–H groups in total. The molecule has 0 radical (unpaired) electrons. The van der Waals surface area contributed by atoms with Crippen molar-refractivity contribution >= 4 is 34.1 Å². The normalized spacial score (nSPS) is 14.1. The highest BCUT2D eigenvalue weighted by Gasteiger charge is 2.10. The summed E-state index contributed by atoms with van der Waals surface area (Å²) in [6.07, 6.45) is -0.418. The molecule has 2 aromatic heterocycles. The van der Waals surface area contributed by atoms with E-state index in [2.05, 4.69) is 20.6 Å². The van der Waals surface area contributed by atoms with E-state index in [9.17, 15) is 4.79 Å². The zero-order valence-corrected chi connectivity index (χ0v) is 15.2. The van der Waals surface area contributed by atoms with E-state index < -0.39 is 19.4 Å². The molecule has 0 saturated carbocycles. The van der Waals surface area contributed by atoms with Crippen LogP contribution in [0.4, 0.5) is 22.0 Å². The predicted octanol–water partition coefficient (Wildman–Crippen LogP) is 4.39. The number of nitrogen functional groups attached to an aromatic ring is 1. The maximum Gasteiger partial charge on any atom is 0.323 e. The number of carbonyl (C=O) groups is 1. The van der Waals surface area contributed by atoms with E-state index in [0.717, 1.165) is 0 Å². The van der Waals surface area contributed by atoms with Crippen LogP contribution in [0.1, 0.15) is 18.1 Å². The van der Waals surface area contributed by atoms with Gasteiger partial charge in [-0.2, -0.15) is 0 Å². The lowest BCUT2D eigenvalue weighted by atomic mass is 10.1. The number of nitrogens with one attached hydrogen (secondary N) is 3. The molecule has 146 valence electrons. The molecule has 4 aromatic rings. The van der Waals surface area contributed by atoms with Crippen molar-refractivity contribution in [3.05, 3.63) is 78.1 Å². The first-order valence-corrected chi connectivity index (χ1v) is 8.72. The third-order valence-electron chi connectivity index (χ3n) is 4.20. The van der Waals surface area contributed by atoms with Crippen LogP contribution in [0.3, 0.4) is 0 Å². The Kier molecular flexibility index (Phi) is 3.62. The lowest BCUT2D eigenvalue weighted by Gasteiger charge is -2.09. The first-order valence-electron chi connectivity index (χ1n) is 11.2. The number of H-pyrrole nitrogens is 1. The van der Waals surface area contributed by atoms with Gasteiger partial charge in [0.1, 0.15) is 11.6 Å². The van der Waals surface area contributed by atoms with Crippen LogP contribution < -0.4 is 21.1 Å². The van der Waals surface area contributed by atoms with Crippen LogP contribution in [0, 0.1) is 0 Å². The highest BCUT2D eigenvalue weighted by atomic mass is 16.5. The minimum Gasteiger partial charge on any atom is -0.497 e. The monoisotopic (exact) mass is 392 g/mol. The second kappa shape index (κ2) is 7.93. The number of methoxy groups -OCH3 is 1. The van der Waals surface area contributed by atoms with E-state index in [1.54, 1.807) is 30.3 Å². The molecule has 0 atom stereocenters. The van der Waals surface area contributed by atoms with E-state index in [4.69, 9.17) is 17.3 Å². The molecule has 0 saturated heterocycles. The van der Waals surface area contributed by atoms with Crippen molar-refractivity contribution in [3.8, 4) is 5.75 Å². The van der Waals surface area contributed by atoms with Gasteiger partial charge in [0.2, 0.25) is 0 Å². The Bertz CT molecular complexity index is 1340. The fourth-order valence-corrected chi connectivity index (χ4v) is 2.90. The number of ether oxygens (including phenoxy) is 1. The molecule has 2 aromatic carbocycles. The molecule has 0 spiro atoms. The number of amides is 2. The van der Waals surface area contributed by atoms with Gasteiger partial charge < -0.3 is 26.1 Å². The van der Waals surface area contributed by atoms with Crippen LogP contribution in [0.15, 0.2) is 66.9 Å². The van der Waals surface area contributed by atoms with E-state index in [1.807, 2.05) is 0 Å². The zero-order chi connectivity index (χ0) is 24.5. The molecule has 0 aliphatic rings. The number of hydrogen-bond donors (Lipinski definition) is 4. The van der Waals surface area contributed by atoms with Gasteiger partial charge >= 0.3 is 6.03 Å². The van der Waals surface area contributed by atoms with Crippen LogP contribution >= 0.6 is 0 Å². The molecule has 0 bridgehead atoms.